The Balaban J connectivity index is 2.08. The summed E-state index contributed by atoms with van der Waals surface area (Å²) in [6, 6.07) is 3.58. The van der Waals surface area contributed by atoms with Crippen molar-refractivity contribution in [3.63, 3.8) is 0 Å². The minimum atomic E-state index is -4.53. The first-order valence-corrected chi connectivity index (χ1v) is 6.72. The second kappa shape index (κ2) is 5.88. The molecule has 1 aromatic rings. The van der Waals surface area contributed by atoms with Crippen LogP contribution >= 0.6 is 12.2 Å². The van der Waals surface area contributed by atoms with Crippen LogP contribution in [0.3, 0.4) is 0 Å². The first-order valence-electron chi connectivity index (χ1n) is 6.31. The molecule has 4 nitrogen and oxygen atoms in total. The normalized spacial score (nSPS) is 14.6. The van der Waals surface area contributed by atoms with Gasteiger partial charge >= 0.3 is 6.18 Å². The molecule has 0 aromatic heterocycles. The Morgan fingerprint density at radius 2 is 2.05 bits per heavy atom. The fourth-order valence-electron chi connectivity index (χ4n) is 1.79. The van der Waals surface area contributed by atoms with Crippen molar-refractivity contribution in [3.05, 3.63) is 29.3 Å². The molecule has 1 fully saturated rings. The molecule has 1 aliphatic carbocycles. The second-order valence-corrected chi connectivity index (χ2v) is 5.26. The summed E-state index contributed by atoms with van der Waals surface area (Å²) in [7, 11) is 0. The number of nitrogens with two attached hydrogens (primary N) is 1. The van der Waals surface area contributed by atoms with E-state index in [0.29, 0.717) is 5.69 Å². The summed E-state index contributed by atoms with van der Waals surface area (Å²) < 4.78 is 38.4. The zero-order valence-corrected chi connectivity index (χ0v) is 11.8. The van der Waals surface area contributed by atoms with Crippen LogP contribution in [0.1, 0.15) is 24.0 Å². The zero-order valence-electron chi connectivity index (χ0n) is 11.0. The third-order valence-electron chi connectivity index (χ3n) is 2.99. The van der Waals surface area contributed by atoms with Gasteiger partial charge in [0.2, 0.25) is 5.91 Å². The molecule has 4 N–H and O–H groups in total. The number of halogens is 3. The number of rotatable bonds is 5. The first-order chi connectivity index (χ1) is 9.77. The number of benzene rings is 1. The topological polar surface area (TPSA) is 67.1 Å². The summed E-state index contributed by atoms with van der Waals surface area (Å²) in [6.45, 7) is -0.0152. The number of nitrogens with one attached hydrogen (secondary N) is 2. The van der Waals surface area contributed by atoms with Gasteiger partial charge in [-0.2, -0.15) is 13.2 Å². The van der Waals surface area contributed by atoms with Crippen molar-refractivity contribution in [2.75, 3.05) is 11.9 Å². The predicted octanol–water partition coefficient (Wildman–Crippen LogP) is 2.03. The number of thiocarbonyl (C=S) groups is 1. The van der Waals surface area contributed by atoms with Gasteiger partial charge in [0, 0.05) is 17.3 Å². The maximum absolute atomic E-state index is 12.8. The van der Waals surface area contributed by atoms with Crippen LogP contribution in [0.4, 0.5) is 18.9 Å². The fourth-order valence-corrected chi connectivity index (χ4v) is 1.96. The van der Waals surface area contributed by atoms with Crippen molar-refractivity contribution in [1.82, 2.24) is 5.32 Å². The molecule has 0 saturated heterocycles. The Bertz CT molecular complexity index is 570. The molecule has 0 unspecified atom stereocenters. The van der Waals surface area contributed by atoms with Gasteiger partial charge in [-0.1, -0.05) is 12.2 Å². The van der Waals surface area contributed by atoms with Gasteiger partial charge in [-0.05, 0) is 31.0 Å². The van der Waals surface area contributed by atoms with Crippen LogP contribution in [0.5, 0.6) is 0 Å². The van der Waals surface area contributed by atoms with Crippen molar-refractivity contribution in [1.29, 1.82) is 0 Å². The monoisotopic (exact) mass is 317 g/mol. The fraction of sp³-hybridized carbons (Fsp3) is 0.385. The van der Waals surface area contributed by atoms with Crippen LogP contribution in [0.2, 0.25) is 0 Å². The molecule has 1 amide bonds. The summed E-state index contributed by atoms with van der Waals surface area (Å²) in [6.07, 6.45) is -2.59. The van der Waals surface area contributed by atoms with Crippen molar-refractivity contribution in [2.45, 2.75) is 25.1 Å². The van der Waals surface area contributed by atoms with E-state index in [1.807, 2.05) is 0 Å². The van der Waals surface area contributed by atoms with Crippen molar-refractivity contribution in [2.24, 2.45) is 5.73 Å². The van der Waals surface area contributed by atoms with Gasteiger partial charge in [-0.3, -0.25) is 4.79 Å². The van der Waals surface area contributed by atoms with Crippen LogP contribution < -0.4 is 16.4 Å². The van der Waals surface area contributed by atoms with Gasteiger partial charge in [0.15, 0.2) is 0 Å². The van der Waals surface area contributed by atoms with Gasteiger partial charge < -0.3 is 16.4 Å². The van der Waals surface area contributed by atoms with Crippen LogP contribution in [0, 0.1) is 0 Å². The minimum absolute atomic E-state index is 0.0152. The Morgan fingerprint density at radius 3 is 2.57 bits per heavy atom. The number of anilines is 1. The lowest BCUT2D eigenvalue weighted by atomic mass is 10.1. The molecule has 0 radical (unpaired) electrons. The molecule has 1 aliphatic rings. The Kier molecular flexibility index (Phi) is 4.36. The maximum atomic E-state index is 12.8. The smallest absolute Gasteiger partial charge is 0.389 e. The minimum Gasteiger partial charge on any atom is -0.389 e. The molecular formula is C13H14F3N3OS. The average Bonchev–Trinajstić information content (AvgIpc) is 3.18. The number of carbonyl (C=O) groups is 1. The summed E-state index contributed by atoms with van der Waals surface area (Å²) >= 11 is 4.65. The molecule has 0 spiro atoms. The van der Waals surface area contributed by atoms with Gasteiger partial charge in [0.25, 0.3) is 0 Å². The molecule has 0 aliphatic heterocycles. The molecule has 1 saturated carbocycles. The highest BCUT2D eigenvalue weighted by atomic mass is 32.1. The molecule has 21 heavy (non-hydrogen) atoms. The van der Waals surface area contributed by atoms with Gasteiger partial charge in [-0.25, -0.2) is 0 Å². The molecular weight excluding hydrogens is 303 g/mol. The van der Waals surface area contributed by atoms with E-state index >= 15 is 0 Å². The molecule has 114 valence electrons. The van der Waals surface area contributed by atoms with E-state index in [-0.39, 0.29) is 29.0 Å². The van der Waals surface area contributed by atoms with Gasteiger partial charge in [0.1, 0.15) is 4.99 Å². The highest BCUT2D eigenvalue weighted by Gasteiger charge is 2.34. The van der Waals surface area contributed by atoms with E-state index in [1.54, 1.807) is 0 Å². The van der Waals surface area contributed by atoms with Crippen LogP contribution in [0.25, 0.3) is 0 Å². The summed E-state index contributed by atoms with van der Waals surface area (Å²) in [5.74, 6) is -0.200. The largest absolute Gasteiger partial charge is 0.417 e. The van der Waals surface area contributed by atoms with E-state index in [0.717, 1.165) is 18.9 Å². The SMILES string of the molecule is NC(=S)c1cc(NCC(=O)NC2CC2)ccc1C(F)(F)F. The Morgan fingerprint density at radius 1 is 1.38 bits per heavy atom. The molecule has 0 bridgehead atoms. The maximum Gasteiger partial charge on any atom is 0.417 e. The highest BCUT2D eigenvalue weighted by Crippen LogP contribution is 2.33. The number of hydrogen-bond acceptors (Lipinski definition) is 3. The molecule has 2 rings (SSSR count). The van der Waals surface area contributed by atoms with E-state index in [9.17, 15) is 18.0 Å². The number of amides is 1. The summed E-state index contributed by atoms with van der Waals surface area (Å²) in [5, 5.41) is 5.52. The average molecular weight is 317 g/mol. The number of hydrogen-bond donors (Lipinski definition) is 3. The van der Waals surface area contributed by atoms with Crippen molar-refractivity contribution >= 4 is 28.8 Å². The molecule has 1 aromatic carbocycles. The quantitative estimate of drug-likeness (QED) is 0.727. The van der Waals surface area contributed by atoms with Crippen molar-refractivity contribution < 1.29 is 18.0 Å². The van der Waals surface area contributed by atoms with E-state index in [4.69, 9.17) is 5.73 Å². The zero-order chi connectivity index (χ0) is 15.6. The van der Waals surface area contributed by atoms with Gasteiger partial charge in [0.05, 0.1) is 12.1 Å². The third-order valence-corrected chi connectivity index (χ3v) is 3.21. The number of carbonyl (C=O) groups excluding carboxylic acids is 1. The van der Waals surface area contributed by atoms with Crippen molar-refractivity contribution in [3.8, 4) is 0 Å². The van der Waals surface area contributed by atoms with E-state index in [1.165, 1.54) is 12.1 Å². The molecule has 0 heterocycles. The third kappa shape index (κ3) is 4.32. The van der Waals surface area contributed by atoms with Gasteiger partial charge in [-0.15, -0.1) is 0 Å². The highest BCUT2D eigenvalue weighted by molar-refractivity contribution is 7.80. The Labute approximate surface area is 124 Å². The Hall–Kier alpha value is -1.83. The molecule has 8 heteroatoms. The van der Waals surface area contributed by atoms with Crippen LogP contribution in [-0.2, 0) is 11.0 Å². The van der Waals surface area contributed by atoms with E-state index < -0.39 is 11.7 Å². The summed E-state index contributed by atoms with van der Waals surface area (Å²) in [5.41, 5.74) is 4.55. The van der Waals surface area contributed by atoms with Crippen LogP contribution in [-0.4, -0.2) is 23.5 Å². The lowest BCUT2D eigenvalue weighted by Crippen LogP contribution is -2.31. The van der Waals surface area contributed by atoms with Crippen LogP contribution in [0.15, 0.2) is 18.2 Å². The standard InChI is InChI=1S/C13H14F3N3OS/c14-13(15,16)10-4-3-8(5-9(10)12(17)21)18-6-11(20)19-7-1-2-7/h3-5,7,18H,1-2,6H2,(H2,17,21)(H,19,20). The van der Waals surface area contributed by atoms with E-state index in [2.05, 4.69) is 22.9 Å². The lowest BCUT2D eigenvalue weighted by molar-refractivity contribution is -0.137. The number of alkyl halides is 3. The lowest BCUT2D eigenvalue weighted by Gasteiger charge is -2.14. The second-order valence-electron chi connectivity index (χ2n) is 4.82. The summed E-state index contributed by atoms with van der Waals surface area (Å²) in [4.78, 5) is 11.2. The predicted molar refractivity (Wildman–Crippen MR) is 77.0 cm³/mol. The first kappa shape index (κ1) is 15.6. The molecule has 0 atom stereocenters.